The monoisotopic (exact) mass is 210 g/mol. The summed E-state index contributed by atoms with van der Waals surface area (Å²) in [6.45, 7) is 4.07. The Labute approximate surface area is 87.4 Å². The van der Waals surface area contributed by atoms with Crippen LogP contribution in [0.15, 0.2) is 11.2 Å². The summed E-state index contributed by atoms with van der Waals surface area (Å²) in [5, 5.41) is 0.510. The zero-order valence-electron chi connectivity index (χ0n) is 8.12. The van der Waals surface area contributed by atoms with Gasteiger partial charge in [-0.1, -0.05) is 11.6 Å². The Hall–Kier alpha value is -1.09. The number of rotatable bonds is 1. The van der Waals surface area contributed by atoms with Crippen LogP contribution in [0.5, 0.6) is 0 Å². The van der Waals surface area contributed by atoms with Gasteiger partial charge in [-0.3, -0.25) is 4.79 Å². The number of nitrogens with zero attached hydrogens (tertiary/aromatic N) is 2. The van der Waals surface area contributed by atoms with Gasteiger partial charge in [0.15, 0.2) is 5.78 Å². The summed E-state index contributed by atoms with van der Waals surface area (Å²) in [6, 6.07) is 0.263. The summed E-state index contributed by atoms with van der Waals surface area (Å²) in [5.41, 5.74) is 0.572. The number of Topliss-reactive ketones (excluding diaryl/α,β-unsaturated/α-hetero) is 1. The highest BCUT2D eigenvalue weighted by Gasteiger charge is 2.23. The average molecular weight is 211 g/mol. The molecule has 0 saturated heterocycles. The molecule has 0 spiro atoms. The minimum absolute atomic E-state index is 0.0550. The lowest BCUT2D eigenvalue weighted by atomic mass is 10.1. The van der Waals surface area contributed by atoms with Crippen molar-refractivity contribution in [3.8, 4) is 0 Å². The van der Waals surface area contributed by atoms with Gasteiger partial charge in [-0.05, 0) is 13.8 Å². The maximum Gasteiger partial charge on any atom is 0.173 e. The van der Waals surface area contributed by atoms with Gasteiger partial charge in [-0.2, -0.15) is 0 Å². The maximum atomic E-state index is 11.6. The van der Waals surface area contributed by atoms with E-state index in [9.17, 15) is 4.79 Å². The van der Waals surface area contributed by atoms with Crippen LogP contribution in [0.2, 0.25) is 5.02 Å². The van der Waals surface area contributed by atoms with Crippen LogP contribution in [-0.2, 0) is 0 Å². The number of carbonyl (C=O) groups is 1. The third-order valence-corrected chi connectivity index (χ3v) is 2.57. The predicted octanol–water partition coefficient (Wildman–Crippen LogP) is 3.01. The van der Waals surface area contributed by atoms with Crippen LogP contribution in [0.4, 0.5) is 5.82 Å². The highest BCUT2D eigenvalue weighted by atomic mass is 35.5. The van der Waals surface area contributed by atoms with Gasteiger partial charge in [0.05, 0.1) is 10.6 Å². The summed E-state index contributed by atoms with van der Waals surface area (Å²) in [5.74, 6) is 0.751. The molecule has 0 bridgehead atoms. The van der Waals surface area contributed by atoms with Crippen molar-refractivity contribution in [2.24, 2.45) is 4.99 Å². The molecule has 1 aliphatic rings. The molecule has 0 fully saturated rings. The van der Waals surface area contributed by atoms with Gasteiger partial charge in [-0.15, -0.1) is 0 Å². The Morgan fingerprint density at radius 1 is 1.57 bits per heavy atom. The second-order valence-electron chi connectivity index (χ2n) is 3.62. The Morgan fingerprint density at radius 2 is 2.29 bits per heavy atom. The molecule has 0 unspecified atom stereocenters. The van der Waals surface area contributed by atoms with E-state index in [2.05, 4.69) is 4.99 Å². The minimum Gasteiger partial charge on any atom is -0.328 e. The van der Waals surface area contributed by atoms with E-state index in [4.69, 9.17) is 11.6 Å². The van der Waals surface area contributed by atoms with Crippen LogP contribution in [0.3, 0.4) is 0 Å². The van der Waals surface area contributed by atoms with Crippen molar-refractivity contribution < 1.29 is 4.79 Å². The van der Waals surface area contributed by atoms with Crippen LogP contribution in [0.25, 0.3) is 0 Å². The van der Waals surface area contributed by atoms with Crippen LogP contribution in [0.1, 0.15) is 36.7 Å². The Kier molecular flexibility index (Phi) is 2.19. The quantitative estimate of drug-likeness (QED) is 0.702. The van der Waals surface area contributed by atoms with Gasteiger partial charge in [-0.25, -0.2) is 4.99 Å². The summed E-state index contributed by atoms with van der Waals surface area (Å²) >= 11 is 5.99. The summed E-state index contributed by atoms with van der Waals surface area (Å²) < 4.78 is 1.92. The molecule has 0 aromatic carbocycles. The normalized spacial score (nSPS) is 15.0. The first-order chi connectivity index (χ1) is 6.61. The zero-order chi connectivity index (χ0) is 10.3. The van der Waals surface area contributed by atoms with Gasteiger partial charge in [0.1, 0.15) is 5.82 Å². The SMILES string of the molecule is CC(C)n1cc(Cl)c2c1N=CCC2=O. The molecule has 1 aliphatic heterocycles. The van der Waals surface area contributed by atoms with Crippen molar-refractivity contribution in [1.82, 2.24) is 4.57 Å². The van der Waals surface area contributed by atoms with Crippen molar-refractivity contribution in [2.75, 3.05) is 0 Å². The van der Waals surface area contributed by atoms with Gasteiger partial charge in [0.2, 0.25) is 0 Å². The molecule has 3 nitrogen and oxygen atoms in total. The van der Waals surface area contributed by atoms with Gasteiger partial charge in [0.25, 0.3) is 0 Å². The van der Waals surface area contributed by atoms with Crippen LogP contribution >= 0.6 is 11.6 Å². The largest absolute Gasteiger partial charge is 0.328 e. The lowest BCUT2D eigenvalue weighted by Gasteiger charge is -2.12. The van der Waals surface area contributed by atoms with Crippen LogP contribution in [0, 0.1) is 0 Å². The van der Waals surface area contributed by atoms with Crippen LogP contribution < -0.4 is 0 Å². The zero-order valence-corrected chi connectivity index (χ0v) is 8.88. The number of hydrogen-bond acceptors (Lipinski definition) is 2. The lowest BCUT2D eigenvalue weighted by Crippen LogP contribution is -2.06. The van der Waals surface area contributed by atoms with Gasteiger partial charge in [0, 0.05) is 24.9 Å². The standard InChI is InChI=1S/C10H11ClN2O/c1-6(2)13-5-7(11)9-8(14)3-4-12-10(9)13/h4-6H,3H2,1-2H3. The molecule has 1 aromatic rings. The molecule has 0 amide bonds. The molecular weight excluding hydrogens is 200 g/mol. The number of ketones is 1. The second kappa shape index (κ2) is 3.24. The summed E-state index contributed by atoms with van der Waals surface area (Å²) in [4.78, 5) is 15.8. The van der Waals surface area contributed by atoms with E-state index < -0.39 is 0 Å². The molecule has 1 aromatic heterocycles. The molecule has 0 aliphatic carbocycles. The van der Waals surface area contributed by atoms with E-state index in [-0.39, 0.29) is 11.8 Å². The maximum absolute atomic E-state index is 11.6. The van der Waals surface area contributed by atoms with Crippen LogP contribution in [-0.4, -0.2) is 16.6 Å². The fourth-order valence-electron chi connectivity index (χ4n) is 1.58. The van der Waals surface area contributed by atoms with E-state index >= 15 is 0 Å². The first kappa shape index (κ1) is 9.46. The Balaban J connectivity index is 2.65. The third kappa shape index (κ3) is 1.28. The fourth-order valence-corrected chi connectivity index (χ4v) is 1.88. The van der Waals surface area contributed by atoms with E-state index in [1.165, 1.54) is 0 Å². The van der Waals surface area contributed by atoms with Crippen molar-refractivity contribution in [3.05, 3.63) is 16.8 Å². The molecule has 2 rings (SSSR count). The van der Waals surface area contributed by atoms with E-state index in [0.29, 0.717) is 22.8 Å². The fraction of sp³-hybridized carbons (Fsp3) is 0.400. The topological polar surface area (TPSA) is 34.4 Å². The van der Waals surface area contributed by atoms with E-state index in [0.717, 1.165) is 0 Å². The molecule has 74 valence electrons. The number of aromatic nitrogens is 1. The number of carbonyl (C=O) groups excluding carboxylic acids is 1. The minimum atomic E-state index is 0.0550. The molecule has 2 heterocycles. The van der Waals surface area contributed by atoms with Gasteiger partial charge >= 0.3 is 0 Å². The number of aliphatic imine (C=N–C) groups is 1. The molecule has 0 saturated carbocycles. The predicted molar refractivity (Wildman–Crippen MR) is 56.9 cm³/mol. The number of halogens is 1. The highest BCUT2D eigenvalue weighted by molar-refractivity contribution is 6.35. The third-order valence-electron chi connectivity index (χ3n) is 2.28. The lowest BCUT2D eigenvalue weighted by molar-refractivity contribution is 0.100. The first-order valence-corrected chi connectivity index (χ1v) is 4.95. The summed E-state index contributed by atoms with van der Waals surface area (Å²) in [7, 11) is 0. The van der Waals surface area contributed by atoms with Gasteiger partial charge < -0.3 is 4.57 Å². The average Bonchev–Trinajstić information content (AvgIpc) is 2.45. The first-order valence-electron chi connectivity index (χ1n) is 4.57. The molecule has 0 N–H and O–H groups in total. The molecule has 0 atom stereocenters. The number of hydrogen-bond donors (Lipinski definition) is 0. The molecule has 14 heavy (non-hydrogen) atoms. The molecule has 0 radical (unpaired) electrons. The van der Waals surface area contributed by atoms with Crippen molar-refractivity contribution in [2.45, 2.75) is 26.3 Å². The van der Waals surface area contributed by atoms with E-state index in [1.807, 2.05) is 18.4 Å². The van der Waals surface area contributed by atoms with Crippen molar-refractivity contribution >= 4 is 29.4 Å². The van der Waals surface area contributed by atoms with Crippen molar-refractivity contribution in [3.63, 3.8) is 0 Å². The Morgan fingerprint density at radius 3 is 2.93 bits per heavy atom. The van der Waals surface area contributed by atoms with Crippen molar-refractivity contribution in [1.29, 1.82) is 0 Å². The second-order valence-corrected chi connectivity index (χ2v) is 4.02. The Bertz CT molecular complexity index is 418. The molecule has 4 heteroatoms. The smallest absolute Gasteiger partial charge is 0.173 e. The highest BCUT2D eigenvalue weighted by Crippen LogP contribution is 2.34. The van der Waals surface area contributed by atoms with E-state index in [1.54, 1.807) is 12.4 Å². The summed E-state index contributed by atoms with van der Waals surface area (Å²) in [6.07, 6.45) is 3.77. The molecular formula is C10H11ClN2O. The number of fused-ring (bicyclic) bond motifs is 1.